The molecule has 0 amide bonds. The third kappa shape index (κ3) is 16.6. The zero-order valence-corrected chi connectivity index (χ0v) is 35.5. The summed E-state index contributed by atoms with van der Waals surface area (Å²) in [6.45, 7) is 8.02. The smallest absolute Gasteiger partial charge is 0.416 e. The van der Waals surface area contributed by atoms with E-state index in [9.17, 15) is 18.0 Å². The molecule has 0 saturated heterocycles. The fourth-order valence-corrected chi connectivity index (χ4v) is 6.80. The van der Waals surface area contributed by atoms with Crippen LogP contribution in [-0.2, 0) is 30.3 Å². The van der Waals surface area contributed by atoms with Crippen LogP contribution in [0.3, 0.4) is 0 Å². The first-order valence-electron chi connectivity index (χ1n) is 20.6. The molecule has 0 aliphatic heterocycles. The molecule has 6 aromatic carbocycles. The van der Waals surface area contributed by atoms with Gasteiger partial charge in [-0.1, -0.05) is 158 Å². The number of halogens is 3. The summed E-state index contributed by atoms with van der Waals surface area (Å²) < 4.78 is 43.3. The highest BCUT2D eigenvalue weighted by Crippen LogP contribution is 2.30. The van der Waals surface area contributed by atoms with Gasteiger partial charge in [0, 0.05) is 37.1 Å². The van der Waals surface area contributed by atoms with Crippen molar-refractivity contribution in [3.05, 3.63) is 215 Å². The third-order valence-electron chi connectivity index (χ3n) is 10.3. The summed E-state index contributed by atoms with van der Waals surface area (Å²) in [6.07, 6.45) is -2.78. The van der Waals surface area contributed by atoms with Crippen molar-refractivity contribution in [2.75, 3.05) is 27.2 Å². The van der Waals surface area contributed by atoms with Gasteiger partial charge >= 0.3 is 12.1 Å². The highest BCUT2D eigenvalue weighted by atomic mass is 19.4. The van der Waals surface area contributed by atoms with Gasteiger partial charge in [0.15, 0.2) is 0 Å². The first-order valence-corrected chi connectivity index (χ1v) is 20.6. The van der Waals surface area contributed by atoms with Gasteiger partial charge in [-0.15, -0.1) is 0 Å². The second-order valence-electron chi connectivity index (χ2n) is 15.1. The average Bonchev–Trinajstić information content (AvgIpc) is 3.27. The fraction of sp³-hybridized carbons (Fsp3) is 0.288. The van der Waals surface area contributed by atoms with Crippen molar-refractivity contribution in [2.24, 2.45) is 0 Å². The quantitative estimate of drug-likeness (QED) is 0.0753. The zero-order valence-electron chi connectivity index (χ0n) is 35.5. The zero-order chi connectivity index (χ0) is 43.2. The molecule has 0 fully saturated rings. The van der Waals surface area contributed by atoms with Crippen molar-refractivity contribution >= 4 is 5.97 Å². The van der Waals surface area contributed by atoms with Crippen molar-refractivity contribution in [1.82, 2.24) is 15.5 Å². The van der Waals surface area contributed by atoms with Gasteiger partial charge in [-0.3, -0.25) is 4.90 Å². The minimum atomic E-state index is -4.34. The van der Waals surface area contributed by atoms with E-state index < -0.39 is 17.7 Å². The van der Waals surface area contributed by atoms with E-state index in [0.29, 0.717) is 42.1 Å². The summed E-state index contributed by atoms with van der Waals surface area (Å²) in [6, 6.07) is 57.6. The first-order chi connectivity index (χ1) is 28.9. The number of ether oxygens (including phenoxy) is 1. The Morgan fingerprint density at radius 1 is 0.633 bits per heavy atom. The second kappa shape index (κ2) is 25.2. The van der Waals surface area contributed by atoms with E-state index in [1.807, 2.05) is 20.0 Å². The molecular weight excluding hydrogens is 756 g/mol. The number of nitrogens with one attached hydrogen (secondary N) is 2. The van der Waals surface area contributed by atoms with E-state index in [4.69, 9.17) is 4.74 Å². The van der Waals surface area contributed by atoms with Gasteiger partial charge in [-0.25, -0.2) is 4.79 Å². The molecule has 8 heteroatoms. The van der Waals surface area contributed by atoms with Crippen LogP contribution in [0.2, 0.25) is 0 Å². The van der Waals surface area contributed by atoms with Crippen molar-refractivity contribution < 1.29 is 22.7 Å². The Bertz CT molecular complexity index is 1970. The third-order valence-corrected chi connectivity index (χ3v) is 10.3. The number of carbonyl (C=O) groups is 1. The molecule has 0 saturated carbocycles. The Labute approximate surface area is 355 Å². The molecule has 0 radical (unpaired) electrons. The number of nitrogens with zero attached hydrogens (tertiary/aromatic N) is 1. The monoisotopic (exact) mass is 815 g/mol. The molecule has 0 heterocycles. The molecule has 316 valence electrons. The maximum Gasteiger partial charge on any atom is 0.416 e. The molecule has 0 spiro atoms. The van der Waals surface area contributed by atoms with Crippen molar-refractivity contribution in [3.63, 3.8) is 0 Å². The molecule has 0 aromatic heterocycles. The van der Waals surface area contributed by atoms with Gasteiger partial charge in [-0.05, 0) is 93.7 Å². The summed E-state index contributed by atoms with van der Waals surface area (Å²) in [5.74, 6) is 0.00957. The molecular formula is C52H60F3N3O2. The lowest BCUT2D eigenvalue weighted by molar-refractivity contribution is -0.137. The maximum atomic E-state index is 12.7. The summed E-state index contributed by atoms with van der Waals surface area (Å²) in [7, 11) is 4.21. The Morgan fingerprint density at radius 2 is 1.12 bits per heavy atom. The molecule has 0 bridgehead atoms. The molecule has 0 aliphatic carbocycles. The summed E-state index contributed by atoms with van der Waals surface area (Å²) >= 11 is 0. The van der Waals surface area contributed by atoms with Crippen LogP contribution in [0.4, 0.5) is 13.2 Å². The summed E-state index contributed by atoms with van der Waals surface area (Å²) in [5.41, 5.74) is 5.95. The van der Waals surface area contributed by atoms with E-state index >= 15 is 0 Å². The molecule has 3 atom stereocenters. The number of esters is 1. The van der Waals surface area contributed by atoms with Gasteiger partial charge in [0.2, 0.25) is 0 Å². The Kier molecular flexibility index (Phi) is 19.8. The van der Waals surface area contributed by atoms with E-state index in [1.165, 1.54) is 28.3 Å². The van der Waals surface area contributed by atoms with Crippen molar-refractivity contribution in [3.8, 4) is 0 Å². The lowest BCUT2D eigenvalue weighted by Crippen LogP contribution is -2.31. The van der Waals surface area contributed by atoms with Crippen LogP contribution in [0.15, 0.2) is 176 Å². The minimum Gasteiger partial charge on any atom is -0.461 e. The number of benzene rings is 6. The van der Waals surface area contributed by atoms with Crippen LogP contribution in [-0.4, -0.2) is 56.2 Å². The van der Waals surface area contributed by atoms with E-state index in [-0.39, 0.29) is 12.6 Å². The van der Waals surface area contributed by atoms with Gasteiger partial charge in [0.25, 0.3) is 0 Å². The number of hydrogen-bond donors (Lipinski definition) is 2. The van der Waals surface area contributed by atoms with E-state index in [2.05, 4.69) is 158 Å². The SMILES string of the molecule is CC(Cc1cccc(C(F)(F)F)c1)NCCOC(=O)c1ccccc1.CNC(C)C(c1ccccc1)c1ccccc1.C[C@@H](Cc1ccccc1)N(C)Cc1ccccc1. The first kappa shape index (κ1) is 47.1. The molecule has 2 N–H and O–H groups in total. The fourth-order valence-electron chi connectivity index (χ4n) is 6.80. The molecule has 60 heavy (non-hydrogen) atoms. The van der Waals surface area contributed by atoms with Crippen molar-refractivity contribution in [1.29, 1.82) is 0 Å². The van der Waals surface area contributed by atoms with Crippen LogP contribution in [0, 0.1) is 0 Å². The number of hydrogen-bond acceptors (Lipinski definition) is 5. The Morgan fingerprint density at radius 3 is 1.63 bits per heavy atom. The van der Waals surface area contributed by atoms with Crippen LogP contribution in [0.5, 0.6) is 0 Å². The highest BCUT2D eigenvalue weighted by molar-refractivity contribution is 5.89. The largest absolute Gasteiger partial charge is 0.461 e. The van der Waals surface area contributed by atoms with Gasteiger partial charge in [-0.2, -0.15) is 13.2 Å². The standard InChI is InChI=1S/C19H20F3NO2.C17H21N.C16H19N/c1-14(12-15-6-5-9-17(13-15)19(20,21)22)23-10-11-25-18(24)16-7-3-2-4-8-16;1-15(13-16-9-5-3-6-10-16)18(2)14-17-11-7-4-8-12-17;1-13(17-2)16(14-9-5-3-6-10-14)15-11-7-4-8-12-15/h2-9,13-14,23H,10-12H2,1H3;3-12,15H,13-14H2,1-2H3;3-13,16-17H,1-2H3/t;15-;/m.0./s1. The minimum absolute atomic E-state index is 0.0427. The number of carbonyl (C=O) groups excluding carboxylic acids is 1. The normalized spacial score (nSPS) is 12.6. The number of rotatable bonds is 16. The summed E-state index contributed by atoms with van der Waals surface area (Å²) in [4.78, 5) is 14.2. The van der Waals surface area contributed by atoms with E-state index in [1.54, 1.807) is 30.3 Å². The van der Waals surface area contributed by atoms with E-state index in [0.717, 1.165) is 25.1 Å². The van der Waals surface area contributed by atoms with Crippen LogP contribution in [0.25, 0.3) is 0 Å². The van der Waals surface area contributed by atoms with Gasteiger partial charge < -0.3 is 15.4 Å². The number of alkyl halides is 3. The van der Waals surface area contributed by atoms with Gasteiger partial charge in [0.1, 0.15) is 6.61 Å². The highest BCUT2D eigenvalue weighted by Gasteiger charge is 2.30. The van der Waals surface area contributed by atoms with Crippen LogP contribution in [0.1, 0.15) is 70.4 Å². The maximum absolute atomic E-state index is 12.7. The average molecular weight is 816 g/mol. The number of likely N-dealkylation sites (N-methyl/N-ethyl adjacent to an activating group) is 2. The second-order valence-corrected chi connectivity index (χ2v) is 15.1. The predicted octanol–water partition coefficient (Wildman–Crippen LogP) is 11.3. The van der Waals surface area contributed by atoms with Crippen LogP contribution >= 0.6 is 0 Å². The van der Waals surface area contributed by atoms with Crippen molar-refractivity contribution in [2.45, 2.75) is 70.4 Å². The van der Waals surface area contributed by atoms with Gasteiger partial charge in [0.05, 0.1) is 11.1 Å². The molecule has 5 nitrogen and oxygen atoms in total. The molecule has 6 aromatic rings. The molecule has 2 unspecified atom stereocenters. The van der Waals surface area contributed by atoms with Crippen LogP contribution < -0.4 is 10.6 Å². The lowest BCUT2D eigenvalue weighted by Gasteiger charge is -2.24. The predicted molar refractivity (Wildman–Crippen MR) is 240 cm³/mol. The Balaban J connectivity index is 0.000000203. The Hall–Kier alpha value is -5.54. The molecule has 6 rings (SSSR count). The summed E-state index contributed by atoms with van der Waals surface area (Å²) in [5, 5.41) is 6.50. The molecule has 0 aliphatic rings. The lowest BCUT2D eigenvalue weighted by atomic mass is 9.86. The topological polar surface area (TPSA) is 53.6 Å².